The maximum Gasteiger partial charge on any atom is 0.251 e. The lowest BCUT2D eigenvalue weighted by Crippen LogP contribution is -2.43. The van der Waals surface area contributed by atoms with Gasteiger partial charge in [-0.3, -0.25) is 4.79 Å². The fourth-order valence-corrected chi connectivity index (χ4v) is 3.22. The summed E-state index contributed by atoms with van der Waals surface area (Å²) in [5.74, 6) is 2.57. The Hall–Kier alpha value is -1.71. The van der Waals surface area contributed by atoms with Gasteiger partial charge >= 0.3 is 0 Å². The Morgan fingerprint density at radius 1 is 1.14 bits per heavy atom. The van der Waals surface area contributed by atoms with Crippen molar-refractivity contribution in [2.24, 2.45) is 11.8 Å². The average molecular weight is 289 g/mol. The number of hydrogen-bond donors (Lipinski definition) is 1. The molecule has 1 fully saturated rings. The highest BCUT2D eigenvalue weighted by atomic mass is 16.6. The van der Waals surface area contributed by atoms with Crippen LogP contribution in [-0.4, -0.2) is 25.2 Å². The molecule has 0 aromatic heterocycles. The van der Waals surface area contributed by atoms with Gasteiger partial charge in [0.1, 0.15) is 13.2 Å². The van der Waals surface area contributed by atoms with E-state index in [-0.39, 0.29) is 11.9 Å². The van der Waals surface area contributed by atoms with Crippen LogP contribution < -0.4 is 14.8 Å². The van der Waals surface area contributed by atoms with Gasteiger partial charge < -0.3 is 14.8 Å². The lowest BCUT2D eigenvalue weighted by atomic mass is 9.78. The van der Waals surface area contributed by atoms with Crippen molar-refractivity contribution in [3.63, 3.8) is 0 Å². The van der Waals surface area contributed by atoms with Crippen molar-refractivity contribution < 1.29 is 14.3 Å². The van der Waals surface area contributed by atoms with E-state index in [4.69, 9.17) is 9.47 Å². The molecule has 1 saturated carbocycles. The summed E-state index contributed by atoms with van der Waals surface area (Å²) in [4.78, 5) is 12.4. The van der Waals surface area contributed by atoms with Crippen LogP contribution in [0.4, 0.5) is 0 Å². The minimum Gasteiger partial charge on any atom is -0.486 e. The van der Waals surface area contributed by atoms with Crippen LogP contribution in [0.25, 0.3) is 0 Å². The van der Waals surface area contributed by atoms with Crippen molar-refractivity contribution in [2.75, 3.05) is 13.2 Å². The second-order valence-corrected chi connectivity index (χ2v) is 6.21. The van der Waals surface area contributed by atoms with Gasteiger partial charge in [0.2, 0.25) is 0 Å². The average Bonchev–Trinajstić information content (AvgIpc) is 2.51. The number of rotatable bonds is 2. The predicted octanol–water partition coefficient (Wildman–Crippen LogP) is 3.01. The summed E-state index contributed by atoms with van der Waals surface area (Å²) in [5, 5.41) is 3.19. The number of carbonyl (C=O) groups is 1. The van der Waals surface area contributed by atoms with E-state index in [1.165, 1.54) is 12.8 Å². The van der Waals surface area contributed by atoms with E-state index in [0.717, 1.165) is 12.2 Å². The lowest BCUT2D eigenvalue weighted by Gasteiger charge is -2.34. The first-order valence-electron chi connectivity index (χ1n) is 7.85. The van der Waals surface area contributed by atoms with E-state index in [1.807, 2.05) is 6.07 Å². The second-order valence-electron chi connectivity index (χ2n) is 6.21. The van der Waals surface area contributed by atoms with Gasteiger partial charge in [-0.05, 0) is 36.5 Å². The molecular weight excluding hydrogens is 266 g/mol. The topological polar surface area (TPSA) is 47.6 Å². The molecule has 21 heavy (non-hydrogen) atoms. The Balaban J connectivity index is 1.70. The highest BCUT2D eigenvalue weighted by Crippen LogP contribution is 2.32. The molecule has 1 heterocycles. The molecule has 2 aliphatic rings. The summed E-state index contributed by atoms with van der Waals surface area (Å²) in [6, 6.07) is 5.67. The Kier molecular flexibility index (Phi) is 4.04. The van der Waals surface area contributed by atoms with E-state index in [0.29, 0.717) is 36.4 Å². The number of amides is 1. The number of nitrogens with one attached hydrogen (secondary N) is 1. The Labute approximate surface area is 125 Å². The van der Waals surface area contributed by atoms with E-state index in [9.17, 15) is 4.79 Å². The molecule has 1 N–H and O–H groups in total. The van der Waals surface area contributed by atoms with Crippen LogP contribution in [0.1, 0.15) is 43.5 Å². The normalized spacial score (nSPS) is 28.0. The highest BCUT2D eigenvalue weighted by molar-refractivity contribution is 5.95. The summed E-state index contributed by atoms with van der Waals surface area (Å²) in [6.07, 6.45) is 3.52. The molecule has 0 unspecified atom stereocenters. The van der Waals surface area contributed by atoms with Gasteiger partial charge in [0, 0.05) is 11.6 Å². The Morgan fingerprint density at radius 2 is 1.90 bits per heavy atom. The standard InChI is InChI=1S/C17H23NO3/c1-11-4-3-5-14(12(11)2)18-17(19)13-6-7-15-16(10-13)21-9-8-20-15/h6-7,10-12,14H,3-5,8-9H2,1-2H3,(H,18,19)/t11-,12-,14-/m1/s1. The van der Waals surface area contributed by atoms with Crippen LogP contribution in [-0.2, 0) is 0 Å². The largest absolute Gasteiger partial charge is 0.486 e. The number of hydrogen-bond acceptors (Lipinski definition) is 3. The molecule has 114 valence electrons. The first-order valence-corrected chi connectivity index (χ1v) is 7.85. The quantitative estimate of drug-likeness (QED) is 0.910. The number of ether oxygens (including phenoxy) is 2. The van der Waals surface area contributed by atoms with Crippen LogP contribution in [0.15, 0.2) is 18.2 Å². The minimum absolute atomic E-state index is 0.0158. The zero-order valence-electron chi connectivity index (χ0n) is 12.7. The summed E-state index contributed by atoms with van der Waals surface area (Å²) in [7, 11) is 0. The third kappa shape index (κ3) is 2.99. The Bertz CT molecular complexity index is 529. The van der Waals surface area contributed by atoms with E-state index in [2.05, 4.69) is 19.2 Å². The van der Waals surface area contributed by atoms with Crippen LogP contribution in [0.3, 0.4) is 0 Å². The molecule has 1 aromatic rings. The number of carbonyl (C=O) groups excluding carboxylic acids is 1. The fraction of sp³-hybridized carbons (Fsp3) is 0.588. The van der Waals surface area contributed by atoms with Crippen molar-refractivity contribution in [1.29, 1.82) is 0 Å². The minimum atomic E-state index is -0.0158. The second kappa shape index (κ2) is 5.96. The molecule has 0 saturated heterocycles. The van der Waals surface area contributed by atoms with Crippen molar-refractivity contribution in [2.45, 2.75) is 39.2 Å². The SMILES string of the molecule is C[C@@H]1[C@H](C)CCC[C@H]1NC(=O)c1ccc2c(c1)OCCO2. The molecule has 1 aliphatic carbocycles. The van der Waals surface area contributed by atoms with Crippen LogP contribution in [0.5, 0.6) is 11.5 Å². The summed E-state index contributed by atoms with van der Waals surface area (Å²) < 4.78 is 11.0. The third-order valence-electron chi connectivity index (χ3n) is 4.83. The van der Waals surface area contributed by atoms with Crippen LogP contribution in [0.2, 0.25) is 0 Å². The molecule has 0 spiro atoms. The van der Waals surface area contributed by atoms with Gasteiger partial charge in [-0.15, -0.1) is 0 Å². The molecule has 3 rings (SSSR count). The van der Waals surface area contributed by atoms with Crippen molar-refractivity contribution in [3.8, 4) is 11.5 Å². The van der Waals surface area contributed by atoms with Crippen LogP contribution >= 0.6 is 0 Å². The number of fused-ring (bicyclic) bond motifs is 1. The smallest absolute Gasteiger partial charge is 0.251 e. The van der Waals surface area contributed by atoms with Crippen molar-refractivity contribution in [1.82, 2.24) is 5.32 Å². The zero-order valence-corrected chi connectivity index (χ0v) is 12.7. The molecule has 1 amide bonds. The van der Waals surface area contributed by atoms with E-state index >= 15 is 0 Å². The fourth-order valence-electron chi connectivity index (χ4n) is 3.22. The number of benzene rings is 1. The van der Waals surface area contributed by atoms with Crippen molar-refractivity contribution in [3.05, 3.63) is 23.8 Å². The molecule has 3 atom stereocenters. The van der Waals surface area contributed by atoms with E-state index < -0.39 is 0 Å². The summed E-state index contributed by atoms with van der Waals surface area (Å²) >= 11 is 0. The van der Waals surface area contributed by atoms with Crippen molar-refractivity contribution >= 4 is 5.91 Å². The zero-order chi connectivity index (χ0) is 14.8. The molecule has 0 bridgehead atoms. The monoisotopic (exact) mass is 289 g/mol. The maximum atomic E-state index is 12.4. The lowest BCUT2D eigenvalue weighted by molar-refractivity contribution is 0.0890. The van der Waals surface area contributed by atoms with Gasteiger partial charge in [0.25, 0.3) is 5.91 Å². The van der Waals surface area contributed by atoms with Gasteiger partial charge in [-0.1, -0.05) is 26.7 Å². The van der Waals surface area contributed by atoms with Gasteiger partial charge in [0.05, 0.1) is 0 Å². The van der Waals surface area contributed by atoms with Gasteiger partial charge in [-0.2, -0.15) is 0 Å². The Morgan fingerprint density at radius 3 is 2.71 bits per heavy atom. The molecule has 1 aliphatic heterocycles. The predicted molar refractivity (Wildman–Crippen MR) is 80.9 cm³/mol. The van der Waals surface area contributed by atoms with E-state index in [1.54, 1.807) is 12.1 Å². The highest BCUT2D eigenvalue weighted by Gasteiger charge is 2.28. The van der Waals surface area contributed by atoms with Crippen LogP contribution in [0, 0.1) is 11.8 Å². The molecule has 1 aromatic carbocycles. The summed E-state index contributed by atoms with van der Waals surface area (Å²) in [6.45, 7) is 5.61. The summed E-state index contributed by atoms with van der Waals surface area (Å²) in [5.41, 5.74) is 0.643. The first kappa shape index (κ1) is 14.2. The molecule has 0 radical (unpaired) electrons. The third-order valence-corrected chi connectivity index (χ3v) is 4.83. The van der Waals surface area contributed by atoms with Gasteiger partial charge in [-0.25, -0.2) is 0 Å². The molecule has 4 heteroatoms. The van der Waals surface area contributed by atoms with Gasteiger partial charge in [0.15, 0.2) is 11.5 Å². The molecule has 4 nitrogen and oxygen atoms in total. The maximum absolute atomic E-state index is 12.4. The molecular formula is C17H23NO3. The first-order chi connectivity index (χ1) is 10.1.